The molecule has 0 spiro atoms. The van der Waals surface area contributed by atoms with Gasteiger partial charge in [0.05, 0.1) is 0 Å². The summed E-state index contributed by atoms with van der Waals surface area (Å²) in [6, 6.07) is 18.9. The Morgan fingerprint density at radius 2 is 1.13 bits per heavy atom. The van der Waals surface area contributed by atoms with Crippen LogP contribution in [0.15, 0.2) is 48.5 Å². The molecule has 2 aromatic rings. The molecule has 31 heavy (non-hydrogen) atoms. The third kappa shape index (κ3) is 5.27. The highest BCUT2D eigenvalue weighted by molar-refractivity contribution is 5.41. The van der Waals surface area contributed by atoms with Crippen LogP contribution in [0.1, 0.15) is 106 Å². The Kier molecular flexibility index (Phi) is 7.57. The molecule has 0 N–H and O–H groups in total. The smallest absolute Gasteiger partial charge is 0.0203 e. The van der Waals surface area contributed by atoms with Gasteiger partial charge in [0.2, 0.25) is 0 Å². The van der Waals surface area contributed by atoms with Gasteiger partial charge in [0, 0.05) is 5.41 Å². The molecule has 2 saturated carbocycles. The first-order chi connectivity index (χ1) is 15.1. The Hall–Kier alpha value is -1.56. The molecule has 2 fully saturated rings. The summed E-state index contributed by atoms with van der Waals surface area (Å²) in [6.07, 6.45) is 17.2. The molecule has 0 saturated heterocycles. The van der Waals surface area contributed by atoms with Crippen LogP contribution in [-0.2, 0) is 5.41 Å². The van der Waals surface area contributed by atoms with Crippen LogP contribution in [0.2, 0.25) is 0 Å². The van der Waals surface area contributed by atoms with E-state index in [0.29, 0.717) is 0 Å². The first kappa shape index (κ1) is 22.6. The zero-order valence-electron chi connectivity index (χ0n) is 20.3. The van der Waals surface area contributed by atoms with Gasteiger partial charge in [-0.2, -0.15) is 0 Å². The van der Waals surface area contributed by atoms with Crippen LogP contribution in [0.25, 0.3) is 0 Å². The topological polar surface area (TPSA) is 0 Å². The Bertz CT molecular complexity index is 733. The van der Waals surface area contributed by atoms with E-state index in [1.807, 2.05) is 0 Å². The summed E-state index contributed by atoms with van der Waals surface area (Å²) in [6.45, 7) is 6.74. The Morgan fingerprint density at radius 1 is 0.645 bits per heavy atom. The average Bonchev–Trinajstić information content (AvgIpc) is 2.81. The van der Waals surface area contributed by atoms with Crippen molar-refractivity contribution in [1.29, 1.82) is 0 Å². The fourth-order valence-electron chi connectivity index (χ4n) is 6.72. The van der Waals surface area contributed by atoms with E-state index in [2.05, 4.69) is 69.3 Å². The second-order valence-electron chi connectivity index (χ2n) is 10.9. The first-order valence-electron chi connectivity index (χ1n) is 13.2. The van der Waals surface area contributed by atoms with Crippen molar-refractivity contribution in [2.24, 2.45) is 17.8 Å². The third-order valence-corrected chi connectivity index (χ3v) is 8.87. The van der Waals surface area contributed by atoms with Crippen molar-refractivity contribution < 1.29 is 0 Å². The van der Waals surface area contributed by atoms with Gasteiger partial charge in [0.1, 0.15) is 0 Å². The lowest BCUT2D eigenvalue weighted by atomic mass is 9.60. The third-order valence-electron chi connectivity index (χ3n) is 8.87. The van der Waals surface area contributed by atoms with Crippen LogP contribution in [-0.4, -0.2) is 0 Å². The molecular formula is C31H44. The van der Waals surface area contributed by atoms with Gasteiger partial charge < -0.3 is 0 Å². The molecular weight excluding hydrogens is 372 g/mol. The second-order valence-corrected chi connectivity index (χ2v) is 10.9. The van der Waals surface area contributed by atoms with Crippen molar-refractivity contribution >= 4 is 0 Å². The number of unbranched alkanes of at least 4 members (excludes halogenated alkanes) is 2. The minimum absolute atomic E-state index is 0.218. The van der Waals surface area contributed by atoms with E-state index in [4.69, 9.17) is 0 Å². The van der Waals surface area contributed by atoms with Gasteiger partial charge in [-0.1, -0.05) is 105 Å². The molecule has 0 aromatic heterocycles. The number of benzene rings is 2. The summed E-state index contributed by atoms with van der Waals surface area (Å²) in [5, 5.41) is 0. The van der Waals surface area contributed by atoms with Crippen LogP contribution < -0.4 is 0 Å². The highest BCUT2D eigenvalue weighted by atomic mass is 14.4. The molecule has 2 aliphatic rings. The maximum Gasteiger partial charge on any atom is 0.0203 e. The average molecular weight is 417 g/mol. The summed E-state index contributed by atoms with van der Waals surface area (Å²) >= 11 is 0. The van der Waals surface area contributed by atoms with E-state index in [9.17, 15) is 0 Å². The molecule has 4 rings (SSSR count). The number of hydrogen-bond acceptors (Lipinski definition) is 0. The van der Waals surface area contributed by atoms with E-state index >= 15 is 0 Å². The lowest BCUT2D eigenvalue weighted by Crippen LogP contribution is -2.36. The normalized spacial score (nSPS) is 24.2. The van der Waals surface area contributed by atoms with Crippen LogP contribution in [0.5, 0.6) is 0 Å². The standard InChI is InChI=1S/C31H44/c1-4-5-6-7-26-12-14-27(15-13-26)28-20-22-31(23-21-28,29-16-8-24(2)9-17-29)30-18-10-25(3)11-19-30/h8-11,16-19,26-28H,4-7,12-15,20-23H2,1-3H3. The van der Waals surface area contributed by atoms with Crippen molar-refractivity contribution in [2.45, 2.75) is 103 Å². The number of aryl methyl sites for hydroxylation is 2. The minimum Gasteiger partial charge on any atom is -0.0654 e. The van der Waals surface area contributed by atoms with Crippen molar-refractivity contribution in [2.75, 3.05) is 0 Å². The molecule has 2 aliphatic carbocycles. The van der Waals surface area contributed by atoms with E-state index in [1.54, 1.807) is 11.1 Å². The number of hydrogen-bond donors (Lipinski definition) is 0. The Morgan fingerprint density at radius 3 is 1.61 bits per heavy atom. The second kappa shape index (κ2) is 10.4. The molecule has 2 aromatic carbocycles. The monoisotopic (exact) mass is 416 g/mol. The minimum atomic E-state index is 0.218. The summed E-state index contributed by atoms with van der Waals surface area (Å²) in [4.78, 5) is 0. The predicted molar refractivity (Wildman–Crippen MR) is 135 cm³/mol. The lowest BCUT2D eigenvalue weighted by molar-refractivity contribution is 0.140. The fourth-order valence-corrected chi connectivity index (χ4v) is 6.72. The number of rotatable bonds is 7. The molecule has 168 valence electrons. The fraction of sp³-hybridized carbons (Fsp3) is 0.613. The molecule has 0 heteroatoms. The summed E-state index contributed by atoms with van der Waals surface area (Å²) in [5.41, 5.74) is 6.04. The Balaban J connectivity index is 1.43. The van der Waals surface area contributed by atoms with Crippen molar-refractivity contribution in [3.8, 4) is 0 Å². The molecule has 0 unspecified atom stereocenters. The molecule has 0 bridgehead atoms. The van der Waals surface area contributed by atoms with Crippen LogP contribution in [0.4, 0.5) is 0 Å². The highest BCUT2D eigenvalue weighted by Gasteiger charge is 2.40. The first-order valence-corrected chi connectivity index (χ1v) is 13.2. The van der Waals surface area contributed by atoms with E-state index in [-0.39, 0.29) is 5.41 Å². The van der Waals surface area contributed by atoms with E-state index in [1.165, 1.54) is 88.2 Å². The maximum absolute atomic E-state index is 2.41. The Labute approximate surface area is 191 Å². The van der Waals surface area contributed by atoms with Gasteiger partial charge in [0.25, 0.3) is 0 Å². The summed E-state index contributed by atoms with van der Waals surface area (Å²) in [5.74, 6) is 2.99. The van der Waals surface area contributed by atoms with Crippen LogP contribution >= 0.6 is 0 Å². The highest BCUT2D eigenvalue weighted by Crippen LogP contribution is 2.50. The lowest BCUT2D eigenvalue weighted by Gasteiger charge is -2.45. The zero-order chi connectivity index (χ0) is 21.7. The van der Waals surface area contributed by atoms with Gasteiger partial charge in [-0.25, -0.2) is 0 Å². The quantitative estimate of drug-likeness (QED) is 0.395. The van der Waals surface area contributed by atoms with Crippen molar-refractivity contribution in [3.63, 3.8) is 0 Å². The molecule has 0 atom stereocenters. The van der Waals surface area contributed by atoms with Crippen LogP contribution in [0, 0.1) is 31.6 Å². The SMILES string of the molecule is CCCCCC1CCC(C2CCC(c3ccc(C)cc3)(c3ccc(C)cc3)CC2)CC1. The van der Waals surface area contributed by atoms with E-state index < -0.39 is 0 Å². The van der Waals surface area contributed by atoms with Gasteiger partial charge in [-0.15, -0.1) is 0 Å². The summed E-state index contributed by atoms with van der Waals surface area (Å²) < 4.78 is 0. The van der Waals surface area contributed by atoms with Gasteiger partial charge >= 0.3 is 0 Å². The van der Waals surface area contributed by atoms with Gasteiger partial charge in [-0.05, 0) is 81.3 Å². The molecule has 0 heterocycles. The summed E-state index contributed by atoms with van der Waals surface area (Å²) in [7, 11) is 0. The van der Waals surface area contributed by atoms with Crippen LogP contribution in [0.3, 0.4) is 0 Å². The molecule has 0 radical (unpaired) electrons. The molecule has 0 amide bonds. The zero-order valence-corrected chi connectivity index (χ0v) is 20.3. The molecule has 0 nitrogen and oxygen atoms in total. The largest absolute Gasteiger partial charge is 0.0654 e. The van der Waals surface area contributed by atoms with Gasteiger partial charge in [0.15, 0.2) is 0 Å². The molecule has 0 aliphatic heterocycles. The van der Waals surface area contributed by atoms with Crippen molar-refractivity contribution in [3.05, 3.63) is 70.8 Å². The predicted octanol–water partition coefficient (Wildman–Crippen LogP) is 9.17. The maximum atomic E-state index is 2.41. The van der Waals surface area contributed by atoms with Crippen molar-refractivity contribution in [1.82, 2.24) is 0 Å². The van der Waals surface area contributed by atoms with E-state index in [0.717, 1.165) is 17.8 Å². The van der Waals surface area contributed by atoms with Gasteiger partial charge in [-0.3, -0.25) is 0 Å².